The molecule has 2 rings (SSSR count). The topological polar surface area (TPSA) is 12.0 Å². The zero-order valence-electron chi connectivity index (χ0n) is 10.0. The van der Waals surface area contributed by atoms with Gasteiger partial charge < -0.3 is 5.32 Å². The van der Waals surface area contributed by atoms with Gasteiger partial charge in [0.25, 0.3) is 0 Å². The lowest BCUT2D eigenvalue weighted by atomic mass is 10.1. The monoisotopic (exact) mass is 265 g/mol. The van der Waals surface area contributed by atoms with Gasteiger partial charge >= 0.3 is 0 Å². The molecule has 0 aliphatic carbocycles. The number of benzene rings is 1. The van der Waals surface area contributed by atoms with Gasteiger partial charge in [0.05, 0.1) is 5.02 Å². The van der Waals surface area contributed by atoms with Crippen LogP contribution in [0.3, 0.4) is 0 Å². The van der Waals surface area contributed by atoms with Crippen LogP contribution in [0.1, 0.15) is 29.0 Å². The van der Waals surface area contributed by atoms with Gasteiger partial charge in [-0.05, 0) is 25.5 Å². The van der Waals surface area contributed by atoms with Crippen LogP contribution in [0.5, 0.6) is 0 Å². The Kier molecular flexibility index (Phi) is 4.21. The zero-order valence-corrected chi connectivity index (χ0v) is 11.6. The van der Waals surface area contributed by atoms with E-state index in [-0.39, 0.29) is 0 Å². The molecule has 0 amide bonds. The first-order valence-electron chi connectivity index (χ1n) is 5.68. The number of aryl methyl sites for hydroxylation is 1. The average Bonchev–Trinajstić information content (AvgIpc) is 2.73. The Labute approximate surface area is 111 Å². The summed E-state index contributed by atoms with van der Waals surface area (Å²) < 4.78 is 0. The molecule has 0 radical (unpaired) electrons. The number of thiophene rings is 1. The van der Waals surface area contributed by atoms with E-state index in [1.807, 2.05) is 11.4 Å². The highest BCUT2D eigenvalue weighted by molar-refractivity contribution is 7.10. The summed E-state index contributed by atoms with van der Waals surface area (Å²) in [4.78, 5) is 1.27. The Morgan fingerprint density at radius 2 is 2.00 bits per heavy atom. The molecule has 2 aromatic rings. The largest absolute Gasteiger partial charge is 0.305 e. The van der Waals surface area contributed by atoms with Gasteiger partial charge in [-0.2, -0.15) is 0 Å². The van der Waals surface area contributed by atoms with Crippen molar-refractivity contribution in [1.29, 1.82) is 0 Å². The van der Waals surface area contributed by atoms with Crippen LogP contribution in [0.25, 0.3) is 0 Å². The first kappa shape index (κ1) is 12.6. The molecule has 1 aromatic heterocycles. The molecule has 0 saturated carbocycles. The smallest absolute Gasteiger partial charge is 0.0516 e. The highest BCUT2D eigenvalue weighted by atomic mass is 35.5. The first-order valence-corrected chi connectivity index (χ1v) is 6.94. The van der Waals surface area contributed by atoms with Gasteiger partial charge in [0, 0.05) is 22.8 Å². The second-order valence-corrected chi connectivity index (χ2v) is 5.68. The lowest BCUT2D eigenvalue weighted by Gasteiger charge is -2.13. The summed E-state index contributed by atoms with van der Waals surface area (Å²) in [5.74, 6) is 0. The van der Waals surface area contributed by atoms with Crippen LogP contribution in [-0.2, 0) is 6.54 Å². The zero-order chi connectivity index (χ0) is 12.3. The summed E-state index contributed by atoms with van der Waals surface area (Å²) >= 11 is 7.59. The minimum atomic E-state index is 0.358. The number of rotatable bonds is 4. The third-order valence-corrected chi connectivity index (χ3v) is 4.07. The molecule has 17 heavy (non-hydrogen) atoms. The Morgan fingerprint density at radius 1 is 1.29 bits per heavy atom. The van der Waals surface area contributed by atoms with Crippen LogP contribution in [0.4, 0.5) is 0 Å². The van der Waals surface area contributed by atoms with Crippen LogP contribution >= 0.6 is 22.9 Å². The fourth-order valence-electron chi connectivity index (χ4n) is 1.67. The molecule has 1 atom stereocenters. The molecule has 3 heteroatoms. The molecule has 90 valence electrons. The van der Waals surface area contributed by atoms with Crippen LogP contribution in [0, 0.1) is 6.92 Å². The normalized spacial score (nSPS) is 12.6. The van der Waals surface area contributed by atoms with Gasteiger partial charge in [-0.15, -0.1) is 11.3 Å². The summed E-state index contributed by atoms with van der Waals surface area (Å²) in [6.07, 6.45) is 0. The van der Waals surface area contributed by atoms with E-state index in [1.165, 1.54) is 16.0 Å². The quantitative estimate of drug-likeness (QED) is 0.855. The van der Waals surface area contributed by atoms with Crippen LogP contribution < -0.4 is 5.32 Å². The van der Waals surface area contributed by atoms with Crippen molar-refractivity contribution in [3.8, 4) is 0 Å². The molecule has 1 N–H and O–H groups in total. The second kappa shape index (κ2) is 5.67. The van der Waals surface area contributed by atoms with E-state index in [0.717, 1.165) is 11.6 Å². The minimum absolute atomic E-state index is 0.358. The van der Waals surface area contributed by atoms with Gasteiger partial charge in [0.2, 0.25) is 0 Å². The van der Waals surface area contributed by atoms with Crippen molar-refractivity contribution in [2.75, 3.05) is 0 Å². The molecule has 0 unspecified atom stereocenters. The number of hydrogen-bond acceptors (Lipinski definition) is 2. The van der Waals surface area contributed by atoms with Crippen molar-refractivity contribution in [2.45, 2.75) is 26.4 Å². The molecule has 1 aromatic carbocycles. The third kappa shape index (κ3) is 3.56. The lowest BCUT2D eigenvalue weighted by Crippen LogP contribution is -2.17. The van der Waals surface area contributed by atoms with Crippen molar-refractivity contribution in [3.05, 3.63) is 56.7 Å². The van der Waals surface area contributed by atoms with Gasteiger partial charge in [-0.1, -0.05) is 41.4 Å². The maximum absolute atomic E-state index is 5.89. The molecular formula is C14H16ClNS. The summed E-state index contributed by atoms with van der Waals surface area (Å²) in [7, 11) is 0. The molecule has 0 spiro atoms. The first-order chi connectivity index (χ1) is 8.15. The Balaban J connectivity index is 1.93. The molecule has 1 nitrogen and oxygen atoms in total. The maximum atomic E-state index is 5.89. The predicted octanol–water partition coefficient (Wildman–Crippen LogP) is 4.56. The van der Waals surface area contributed by atoms with Crippen LogP contribution in [-0.4, -0.2) is 0 Å². The maximum Gasteiger partial charge on any atom is 0.0516 e. The summed E-state index contributed by atoms with van der Waals surface area (Å²) in [5, 5.41) is 6.30. The molecule has 0 aliphatic heterocycles. The van der Waals surface area contributed by atoms with Crippen molar-refractivity contribution < 1.29 is 0 Å². The van der Waals surface area contributed by atoms with Crippen LogP contribution in [0.15, 0.2) is 35.7 Å². The standard InChI is InChI=1S/C14H16ClNS/c1-10-3-5-12(6-4-10)11(2)16-8-14-7-13(15)9-17-14/h3-7,9,11,16H,8H2,1-2H3/t11-/m1/s1. The highest BCUT2D eigenvalue weighted by Crippen LogP contribution is 2.20. The van der Waals surface area contributed by atoms with Crippen molar-refractivity contribution in [2.24, 2.45) is 0 Å². The third-order valence-electron chi connectivity index (χ3n) is 2.78. The summed E-state index contributed by atoms with van der Waals surface area (Å²) in [6.45, 7) is 5.15. The van der Waals surface area contributed by atoms with Gasteiger partial charge in [0.1, 0.15) is 0 Å². The van der Waals surface area contributed by atoms with Crippen molar-refractivity contribution in [3.63, 3.8) is 0 Å². The average molecular weight is 266 g/mol. The summed E-state index contributed by atoms with van der Waals surface area (Å²) in [5.41, 5.74) is 2.62. The van der Waals surface area contributed by atoms with E-state index in [9.17, 15) is 0 Å². The van der Waals surface area contributed by atoms with E-state index in [1.54, 1.807) is 11.3 Å². The molecule has 0 fully saturated rings. The van der Waals surface area contributed by atoms with E-state index >= 15 is 0 Å². The van der Waals surface area contributed by atoms with Crippen LogP contribution in [0.2, 0.25) is 5.02 Å². The number of nitrogens with one attached hydrogen (secondary N) is 1. The summed E-state index contributed by atoms with van der Waals surface area (Å²) in [6, 6.07) is 11.0. The van der Waals surface area contributed by atoms with Gasteiger partial charge in [-0.25, -0.2) is 0 Å². The van der Waals surface area contributed by atoms with E-state index < -0.39 is 0 Å². The lowest BCUT2D eigenvalue weighted by molar-refractivity contribution is 0.579. The Morgan fingerprint density at radius 3 is 2.59 bits per heavy atom. The van der Waals surface area contributed by atoms with Gasteiger partial charge in [0.15, 0.2) is 0 Å². The Hall–Kier alpha value is -0.830. The molecule has 0 bridgehead atoms. The van der Waals surface area contributed by atoms with Gasteiger partial charge in [-0.3, -0.25) is 0 Å². The molecule has 1 heterocycles. The number of hydrogen-bond donors (Lipinski definition) is 1. The fraction of sp³-hybridized carbons (Fsp3) is 0.286. The van der Waals surface area contributed by atoms with E-state index in [2.05, 4.69) is 43.4 Å². The predicted molar refractivity (Wildman–Crippen MR) is 75.8 cm³/mol. The van der Waals surface area contributed by atoms with Crippen molar-refractivity contribution >= 4 is 22.9 Å². The highest BCUT2D eigenvalue weighted by Gasteiger charge is 2.05. The Bertz CT molecular complexity index is 475. The minimum Gasteiger partial charge on any atom is -0.305 e. The van der Waals surface area contributed by atoms with E-state index in [0.29, 0.717) is 6.04 Å². The molecule has 0 aliphatic rings. The fourth-order valence-corrected chi connectivity index (χ4v) is 2.70. The molecule has 0 saturated heterocycles. The van der Waals surface area contributed by atoms with Crippen molar-refractivity contribution in [1.82, 2.24) is 5.32 Å². The van der Waals surface area contributed by atoms with E-state index in [4.69, 9.17) is 11.6 Å². The molecular weight excluding hydrogens is 250 g/mol. The SMILES string of the molecule is Cc1ccc([C@@H](C)NCc2cc(Cl)cs2)cc1. The number of halogens is 1. The second-order valence-electron chi connectivity index (χ2n) is 4.24.